The number of allylic oxidation sites excluding steroid dienone is 1. The number of nitrogens with one attached hydrogen (secondary N) is 1. The number of quaternary nitrogens is 1. The monoisotopic (exact) mass is 269 g/mol. The Labute approximate surface area is 116 Å². The number of hydrogen-bond acceptors (Lipinski definition) is 1. The van der Waals surface area contributed by atoms with Crippen molar-refractivity contribution >= 4 is 27.3 Å². The summed E-state index contributed by atoms with van der Waals surface area (Å²) in [7, 11) is 0.0231. The van der Waals surface area contributed by atoms with E-state index in [-0.39, 0.29) is 10.7 Å². The van der Waals surface area contributed by atoms with Crippen molar-refractivity contribution in [3.8, 4) is 0 Å². The average Bonchev–Trinajstić information content (AvgIpc) is 2.79. The van der Waals surface area contributed by atoms with Crippen LogP contribution < -0.4 is 4.31 Å². The zero-order chi connectivity index (χ0) is 13.2. The molecular formula is C16H17N2S+. The first-order chi connectivity index (χ1) is 9.31. The molecule has 0 bridgehead atoms. The molecule has 1 aliphatic rings. The predicted molar refractivity (Wildman–Crippen MR) is 82.5 cm³/mol. The SMILES string of the molecule is CC=S(c1ccccc1)[NH+]1C=C(C)c2ccncc21. The molecule has 0 radical (unpaired) electrons. The van der Waals surface area contributed by atoms with Crippen LogP contribution in [0.25, 0.3) is 5.57 Å². The summed E-state index contributed by atoms with van der Waals surface area (Å²) >= 11 is 0. The molecule has 1 aromatic carbocycles. The smallest absolute Gasteiger partial charge is 0.173 e. The summed E-state index contributed by atoms with van der Waals surface area (Å²) in [4.78, 5) is 5.65. The fourth-order valence-corrected chi connectivity index (χ4v) is 4.36. The Balaban J connectivity index is 2.09. The summed E-state index contributed by atoms with van der Waals surface area (Å²) in [6.07, 6.45) is 6.17. The normalized spacial score (nSPS) is 19.1. The van der Waals surface area contributed by atoms with Gasteiger partial charge in [0.1, 0.15) is 6.20 Å². The van der Waals surface area contributed by atoms with E-state index in [0.717, 1.165) is 0 Å². The van der Waals surface area contributed by atoms with Crippen molar-refractivity contribution < 1.29 is 4.31 Å². The van der Waals surface area contributed by atoms with Crippen LogP contribution in [0.15, 0.2) is 59.9 Å². The molecule has 0 saturated heterocycles. The van der Waals surface area contributed by atoms with Crippen LogP contribution >= 0.6 is 10.7 Å². The third-order valence-electron chi connectivity index (χ3n) is 3.33. The van der Waals surface area contributed by atoms with E-state index < -0.39 is 0 Å². The third kappa shape index (κ3) is 2.15. The predicted octanol–water partition coefficient (Wildman–Crippen LogP) is 3.04. The minimum absolute atomic E-state index is 0.0231. The molecule has 2 nitrogen and oxygen atoms in total. The number of hydrogen-bond donors (Lipinski definition) is 1. The van der Waals surface area contributed by atoms with Crippen molar-refractivity contribution in [2.75, 3.05) is 0 Å². The first-order valence-electron chi connectivity index (χ1n) is 6.39. The molecule has 96 valence electrons. The highest BCUT2D eigenvalue weighted by atomic mass is 32.2. The maximum Gasteiger partial charge on any atom is 0.173 e. The van der Waals surface area contributed by atoms with Crippen molar-refractivity contribution in [2.24, 2.45) is 0 Å². The first-order valence-corrected chi connectivity index (χ1v) is 7.67. The van der Waals surface area contributed by atoms with Gasteiger partial charge in [-0.25, -0.2) is 4.31 Å². The van der Waals surface area contributed by atoms with Crippen LogP contribution in [0.5, 0.6) is 0 Å². The molecule has 0 spiro atoms. The number of fused-ring (bicyclic) bond motifs is 1. The lowest BCUT2D eigenvalue weighted by molar-refractivity contribution is -0.606. The van der Waals surface area contributed by atoms with E-state index in [1.807, 2.05) is 12.4 Å². The van der Waals surface area contributed by atoms with Crippen LogP contribution in [0.3, 0.4) is 0 Å². The largest absolute Gasteiger partial charge is 0.258 e. The second-order valence-electron chi connectivity index (χ2n) is 4.50. The molecule has 2 heterocycles. The lowest BCUT2D eigenvalue weighted by Crippen LogP contribution is -2.95. The molecule has 1 N–H and O–H groups in total. The highest BCUT2D eigenvalue weighted by Crippen LogP contribution is 2.29. The molecule has 1 aromatic heterocycles. The Morgan fingerprint density at radius 2 is 1.95 bits per heavy atom. The van der Waals surface area contributed by atoms with Gasteiger partial charge in [-0.2, -0.15) is 0 Å². The van der Waals surface area contributed by atoms with Gasteiger partial charge in [-0.1, -0.05) is 18.2 Å². The maximum atomic E-state index is 4.29. The van der Waals surface area contributed by atoms with Gasteiger partial charge in [0.05, 0.1) is 11.1 Å². The second kappa shape index (κ2) is 5.11. The molecule has 0 fully saturated rings. The fraction of sp³-hybridized carbons (Fsp3) is 0.125. The van der Waals surface area contributed by atoms with Gasteiger partial charge in [-0.15, -0.1) is 0 Å². The number of pyridine rings is 1. The van der Waals surface area contributed by atoms with E-state index in [9.17, 15) is 0 Å². The standard InChI is InChI=1S/C16H16N2S/c1-3-19(14-7-5-4-6-8-14)18-12-13(2)15-9-10-17-11-16(15)18/h3-12H,1-2H3/p+1. The van der Waals surface area contributed by atoms with Crippen LogP contribution in [0, 0.1) is 0 Å². The lowest BCUT2D eigenvalue weighted by atomic mass is 10.1. The van der Waals surface area contributed by atoms with E-state index in [4.69, 9.17) is 0 Å². The molecule has 3 heteroatoms. The van der Waals surface area contributed by atoms with E-state index in [2.05, 4.69) is 66.8 Å². The quantitative estimate of drug-likeness (QED) is 0.829. The van der Waals surface area contributed by atoms with E-state index >= 15 is 0 Å². The first kappa shape index (κ1) is 12.3. The number of benzene rings is 1. The number of aromatic nitrogens is 1. The van der Waals surface area contributed by atoms with Crippen molar-refractivity contribution in [3.05, 3.63) is 60.6 Å². The van der Waals surface area contributed by atoms with Crippen molar-refractivity contribution in [2.45, 2.75) is 18.7 Å². The molecule has 19 heavy (non-hydrogen) atoms. The van der Waals surface area contributed by atoms with Crippen molar-refractivity contribution in [3.63, 3.8) is 0 Å². The Bertz CT molecular complexity index is 659. The second-order valence-corrected chi connectivity index (χ2v) is 6.56. The van der Waals surface area contributed by atoms with E-state index in [0.29, 0.717) is 0 Å². The summed E-state index contributed by atoms with van der Waals surface area (Å²) < 4.78 is 1.38. The van der Waals surface area contributed by atoms with Gasteiger partial charge in [0.25, 0.3) is 0 Å². The molecule has 3 rings (SSSR count). The topological polar surface area (TPSA) is 17.3 Å². The van der Waals surface area contributed by atoms with Gasteiger partial charge in [0.2, 0.25) is 0 Å². The molecule has 2 atom stereocenters. The summed E-state index contributed by atoms with van der Waals surface area (Å²) in [5.41, 5.74) is 3.94. The minimum atomic E-state index is 0.0231. The van der Waals surface area contributed by atoms with Crippen LogP contribution in [0.4, 0.5) is 5.69 Å². The summed E-state index contributed by atoms with van der Waals surface area (Å²) in [5, 5.41) is 2.29. The summed E-state index contributed by atoms with van der Waals surface area (Å²) in [6, 6.07) is 12.8. The molecule has 0 saturated carbocycles. The molecule has 2 unspecified atom stereocenters. The van der Waals surface area contributed by atoms with Crippen molar-refractivity contribution in [1.29, 1.82) is 0 Å². The van der Waals surface area contributed by atoms with Crippen molar-refractivity contribution in [1.82, 2.24) is 4.98 Å². The van der Waals surface area contributed by atoms with Gasteiger partial charge >= 0.3 is 0 Å². The highest BCUT2D eigenvalue weighted by molar-refractivity contribution is 8.09. The number of nitrogens with zero attached hydrogens (tertiary/aromatic N) is 1. The molecule has 0 aliphatic carbocycles. The fourth-order valence-electron chi connectivity index (χ4n) is 2.43. The highest BCUT2D eigenvalue weighted by Gasteiger charge is 2.27. The average molecular weight is 269 g/mol. The minimum Gasteiger partial charge on any atom is -0.258 e. The van der Waals surface area contributed by atoms with Crippen LogP contribution in [-0.4, -0.2) is 10.4 Å². The summed E-state index contributed by atoms with van der Waals surface area (Å²) in [6.45, 7) is 4.31. The zero-order valence-electron chi connectivity index (χ0n) is 11.1. The molecule has 0 amide bonds. The summed E-state index contributed by atoms with van der Waals surface area (Å²) in [5.74, 6) is 0. The third-order valence-corrected chi connectivity index (χ3v) is 5.39. The Hall–Kier alpha value is -1.71. The maximum absolute atomic E-state index is 4.29. The van der Waals surface area contributed by atoms with E-state index in [1.165, 1.54) is 26.0 Å². The Kier molecular flexibility index (Phi) is 3.32. The number of rotatable bonds is 2. The Morgan fingerprint density at radius 1 is 1.16 bits per heavy atom. The molecule has 1 aliphatic heterocycles. The Morgan fingerprint density at radius 3 is 2.68 bits per heavy atom. The molecule has 2 aromatic rings. The van der Waals surface area contributed by atoms with Crippen LogP contribution in [0.2, 0.25) is 0 Å². The molecular weight excluding hydrogens is 252 g/mol. The van der Waals surface area contributed by atoms with Crippen LogP contribution in [0.1, 0.15) is 19.4 Å². The van der Waals surface area contributed by atoms with Gasteiger partial charge in [-0.3, -0.25) is 4.98 Å². The lowest BCUT2D eigenvalue weighted by Gasteiger charge is -2.15. The van der Waals surface area contributed by atoms with Gasteiger partial charge in [0, 0.05) is 28.0 Å². The van der Waals surface area contributed by atoms with Gasteiger partial charge in [0.15, 0.2) is 5.69 Å². The van der Waals surface area contributed by atoms with Crippen LogP contribution in [-0.2, 0) is 0 Å². The zero-order valence-corrected chi connectivity index (χ0v) is 11.9. The van der Waals surface area contributed by atoms with Gasteiger partial charge < -0.3 is 0 Å². The van der Waals surface area contributed by atoms with E-state index in [1.54, 1.807) is 0 Å². The van der Waals surface area contributed by atoms with Gasteiger partial charge in [-0.05, 0) is 37.4 Å².